The first-order valence-corrected chi connectivity index (χ1v) is 21.6. The SMILES string of the molecule is CCCCCC/C=C\COC(=O)CCCCCCCN(CCCCCCCC(=O)OCCCCCCCCC)C(=O)CSCCN(C)CC. The molecule has 288 valence electrons. The molecule has 0 aliphatic heterocycles. The van der Waals surface area contributed by atoms with Crippen LogP contribution >= 0.6 is 11.8 Å². The third-order valence-corrected chi connectivity index (χ3v) is 10.0. The Morgan fingerprint density at radius 3 is 1.67 bits per heavy atom. The molecular formula is C41H78N2O5S. The number of esters is 2. The first kappa shape index (κ1) is 47.5. The van der Waals surface area contributed by atoms with Crippen LogP contribution in [0.1, 0.15) is 175 Å². The second kappa shape index (κ2) is 37.7. The molecule has 7 nitrogen and oxygen atoms in total. The molecule has 0 saturated carbocycles. The minimum absolute atomic E-state index is 0.0541. The van der Waals surface area contributed by atoms with E-state index in [4.69, 9.17) is 9.47 Å². The number of carbonyl (C=O) groups is 3. The van der Waals surface area contributed by atoms with E-state index >= 15 is 0 Å². The largest absolute Gasteiger partial charge is 0.466 e. The summed E-state index contributed by atoms with van der Waals surface area (Å²) < 4.78 is 10.7. The zero-order valence-corrected chi connectivity index (χ0v) is 33.4. The van der Waals surface area contributed by atoms with Gasteiger partial charge >= 0.3 is 11.9 Å². The van der Waals surface area contributed by atoms with Crippen molar-refractivity contribution in [3.63, 3.8) is 0 Å². The molecule has 0 aromatic carbocycles. The number of rotatable bonds is 37. The van der Waals surface area contributed by atoms with E-state index in [2.05, 4.69) is 43.7 Å². The molecule has 0 radical (unpaired) electrons. The number of thioether (sulfide) groups is 1. The van der Waals surface area contributed by atoms with E-state index in [1.54, 1.807) is 11.8 Å². The number of allylic oxidation sites excluding steroid dienone is 1. The molecule has 0 aliphatic rings. The van der Waals surface area contributed by atoms with Crippen LogP contribution in [0.5, 0.6) is 0 Å². The van der Waals surface area contributed by atoms with Crippen molar-refractivity contribution < 1.29 is 23.9 Å². The van der Waals surface area contributed by atoms with Crippen LogP contribution in [0.25, 0.3) is 0 Å². The second-order valence-corrected chi connectivity index (χ2v) is 14.8. The Labute approximate surface area is 307 Å². The van der Waals surface area contributed by atoms with E-state index < -0.39 is 0 Å². The van der Waals surface area contributed by atoms with Crippen LogP contribution in [0.2, 0.25) is 0 Å². The van der Waals surface area contributed by atoms with Crippen LogP contribution in [-0.4, -0.2) is 85.6 Å². The summed E-state index contributed by atoms with van der Waals surface area (Å²) in [5.41, 5.74) is 0. The molecule has 0 aromatic rings. The Hall–Kier alpha value is -1.54. The van der Waals surface area contributed by atoms with Gasteiger partial charge in [0.25, 0.3) is 0 Å². The molecule has 0 bridgehead atoms. The molecule has 0 aliphatic carbocycles. The molecule has 0 spiro atoms. The van der Waals surface area contributed by atoms with Crippen molar-refractivity contribution in [2.75, 3.05) is 57.9 Å². The number of ether oxygens (including phenoxy) is 2. The number of amides is 1. The van der Waals surface area contributed by atoms with Crippen molar-refractivity contribution in [3.05, 3.63) is 12.2 Å². The fraction of sp³-hybridized carbons (Fsp3) is 0.878. The van der Waals surface area contributed by atoms with Gasteiger partial charge in [0.1, 0.15) is 6.61 Å². The van der Waals surface area contributed by atoms with Crippen LogP contribution in [-0.2, 0) is 23.9 Å². The minimum Gasteiger partial charge on any atom is -0.466 e. The molecule has 8 heteroatoms. The van der Waals surface area contributed by atoms with Crippen LogP contribution in [0.15, 0.2) is 12.2 Å². The molecule has 0 heterocycles. The van der Waals surface area contributed by atoms with Gasteiger partial charge in [-0.25, -0.2) is 0 Å². The average molecular weight is 711 g/mol. The Bertz CT molecular complexity index is 794. The molecule has 0 saturated heterocycles. The Morgan fingerprint density at radius 2 is 1.08 bits per heavy atom. The molecule has 0 fully saturated rings. The minimum atomic E-state index is -0.103. The van der Waals surface area contributed by atoms with Crippen LogP contribution in [0, 0.1) is 0 Å². The quantitative estimate of drug-likeness (QED) is 0.0361. The molecule has 0 aromatic heterocycles. The molecule has 1 amide bonds. The first-order valence-electron chi connectivity index (χ1n) is 20.4. The maximum Gasteiger partial charge on any atom is 0.306 e. The highest BCUT2D eigenvalue weighted by molar-refractivity contribution is 7.99. The van der Waals surface area contributed by atoms with Crippen molar-refractivity contribution >= 4 is 29.6 Å². The van der Waals surface area contributed by atoms with Gasteiger partial charge < -0.3 is 19.3 Å². The smallest absolute Gasteiger partial charge is 0.306 e. The van der Waals surface area contributed by atoms with Crippen LogP contribution in [0.3, 0.4) is 0 Å². The second-order valence-electron chi connectivity index (χ2n) is 13.7. The fourth-order valence-electron chi connectivity index (χ4n) is 5.60. The van der Waals surface area contributed by atoms with Crippen molar-refractivity contribution in [1.29, 1.82) is 0 Å². The van der Waals surface area contributed by atoms with Gasteiger partial charge in [0.05, 0.1) is 12.4 Å². The van der Waals surface area contributed by atoms with E-state index in [0.717, 1.165) is 115 Å². The summed E-state index contributed by atoms with van der Waals surface area (Å²) in [5, 5.41) is 0. The van der Waals surface area contributed by atoms with Gasteiger partial charge in [-0.3, -0.25) is 14.4 Å². The van der Waals surface area contributed by atoms with E-state index in [0.29, 0.717) is 31.8 Å². The summed E-state index contributed by atoms with van der Waals surface area (Å²) >= 11 is 1.74. The molecule has 0 unspecified atom stereocenters. The Balaban J connectivity index is 4.14. The van der Waals surface area contributed by atoms with Crippen molar-refractivity contribution in [2.24, 2.45) is 0 Å². The molecule has 0 atom stereocenters. The highest BCUT2D eigenvalue weighted by Crippen LogP contribution is 2.13. The highest BCUT2D eigenvalue weighted by atomic mass is 32.2. The monoisotopic (exact) mass is 711 g/mol. The summed E-state index contributed by atoms with van der Waals surface area (Å²) in [6.45, 7) is 11.2. The molecule has 49 heavy (non-hydrogen) atoms. The first-order chi connectivity index (χ1) is 23.9. The zero-order chi connectivity index (χ0) is 36.0. The fourth-order valence-corrected chi connectivity index (χ4v) is 6.54. The lowest BCUT2D eigenvalue weighted by Crippen LogP contribution is -2.34. The third-order valence-electron chi connectivity index (χ3n) is 9.10. The Kier molecular flexibility index (Phi) is 36.5. The Morgan fingerprint density at radius 1 is 0.571 bits per heavy atom. The van der Waals surface area contributed by atoms with E-state index in [1.807, 2.05) is 6.08 Å². The van der Waals surface area contributed by atoms with Gasteiger partial charge in [-0.1, -0.05) is 129 Å². The number of hydrogen-bond donors (Lipinski definition) is 0. The maximum absolute atomic E-state index is 13.1. The molecule has 0 rings (SSSR count). The summed E-state index contributed by atoms with van der Waals surface area (Å²) in [6.07, 6.45) is 29.9. The number of hydrogen-bond acceptors (Lipinski definition) is 7. The standard InChI is InChI=1S/C41H78N2O5S/c1-5-8-10-12-14-22-28-35-47-40(45)30-24-18-16-20-26-32-43(39(44)38-49-37-34-42(4)7-3)33-27-21-17-19-25-31-41(46)48-36-29-23-15-13-11-9-6-2/h22,28H,5-21,23-27,29-38H2,1-4H3/b28-22-. The third kappa shape index (κ3) is 34.7. The summed E-state index contributed by atoms with van der Waals surface area (Å²) in [5.74, 6) is 1.62. The van der Waals surface area contributed by atoms with Gasteiger partial charge in [-0.05, 0) is 58.5 Å². The van der Waals surface area contributed by atoms with E-state index in [9.17, 15) is 14.4 Å². The predicted molar refractivity (Wildman–Crippen MR) is 210 cm³/mol. The topological polar surface area (TPSA) is 76.1 Å². The summed E-state index contributed by atoms with van der Waals surface area (Å²) in [4.78, 5) is 41.5. The summed E-state index contributed by atoms with van der Waals surface area (Å²) in [6, 6.07) is 0. The van der Waals surface area contributed by atoms with E-state index in [-0.39, 0.29) is 17.8 Å². The lowest BCUT2D eigenvalue weighted by Gasteiger charge is -2.23. The van der Waals surface area contributed by atoms with Crippen molar-refractivity contribution in [1.82, 2.24) is 9.80 Å². The van der Waals surface area contributed by atoms with Gasteiger partial charge in [0.2, 0.25) is 5.91 Å². The zero-order valence-electron chi connectivity index (χ0n) is 32.6. The van der Waals surface area contributed by atoms with Gasteiger partial charge in [-0.2, -0.15) is 11.8 Å². The summed E-state index contributed by atoms with van der Waals surface area (Å²) in [7, 11) is 2.12. The normalized spacial score (nSPS) is 11.4. The number of nitrogens with zero attached hydrogens (tertiary/aromatic N) is 2. The highest BCUT2D eigenvalue weighted by Gasteiger charge is 2.13. The molecular weight excluding hydrogens is 633 g/mol. The van der Waals surface area contributed by atoms with Gasteiger partial charge in [0.15, 0.2) is 0 Å². The maximum atomic E-state index is 13.1. The van der Waals surface area contributed by atoms with Crippen LogP contribution in [0.4, 0.5) is 0 Å². The van der Waals surface area contributed by atoms with Crippen molar-refractivity contribution in [3.8, 4) is 0 Å². The van der Waals surface area contributed by atoms with Gasteiger partial charge in [0, 0.05) is 38.2 Å². The predicted octanol–water partition coefficient (Wildman–Crippen LogP) is 10.5. The number of carbonyl (C=O) groups excluding carboxylic acids is 3. The average Bonchev–Trinajstić information content (AvgIpc) is 3.10. The van der Waals surface area contributed by atoms with Gasteiger partial charge in [-0.15, -0.1) is 0 Å². The number of unbranched alkanes of at least 4 members (excludes halogenated alkanes) is 18. The lowest BCUT2D eigenvalue weighted by molar-refractivity contribution is -0.144. The van der Waals surface area contributed by atoms with E-state index in [1.165, 1.54) is 57.8 Å². The lowest BCUT2D eigenvalue weighted by atomic mass is 10.1. The molecule has 0 N–H and O–H groups in total. The van der Waals surface area contributed by atoms with Crippen LogP contribution < -0.4 is 0 Å². The van der Waals surface area contributed by atoms with Crippen molar-refractivity contribution in [2.45, 2.75) is 175 Å².